The molecule has 0 aliphatic rings. The van der Waals surface area contributed by atoms with Gasteiger partial charge in [0, 0.05) is 6.61 Å². The number of carbonyl (C=O) groups excluding carboxylic acids is 1. The van der Waals surface area contributed by atoms with Crippen molar-refractivity contribution in [1.29, 1.82) is 0 Å². The molecule has 1 aromatic rings. The van der Waals surface area contributed by atoms with Crippen LogP contribution in [0.5, 0.6) is 0 Å². The molecule has 0 unspecified atom stereocenters. The lowest BCUT2D eigenvalue weighted by Gasteiger charge is -2.08. The highest BCUT2D eigenvalue weighted by Crippen LogP contribution is 2.13. The molecule has 0 aliphatic heterocycles. The molecule has 0 amide bonds. The van der Waals surface area contributed by atoms with E-state index < -0.39 is 0 Å². The summed E-state index contributed by atoms with van der Waals surface area (Å²) in [6.07, 6.45) is 19.2. The molecule has 1 rings (SSSR count). The first kappa shape index (κ1) is 36.5. The summed E-state index contributed by atoms with van der Waals surface area (Å²) in [7, 11) is 0. The fourth-order valence-corrected chi connectivity index (χ4v) is 4.23. The number of hydrogen-bond acceptors (Lipinski definition) is 7. The van der Waals surface area contributed by atoms with E-state index in [4.69, 9.17) is 28.4 Å². The maximum absolute atomic E-state index is 11.8. The maximum Gasteiger partial charge on any atom is 0.338 e. The van der Waals surface area contributed by atoms with E-state index in [-0.39, 0.29) is 12.6 Å². The van der Waals surface area contributed by atoms with Gasteiger partial charge in [-0.1, -0.05) is 109 Å². The Balaban J connectivity index is 1.65. The van der Waals surface area contributed by atoms with Crippen molar-refractivity contribution in [3.8, 4) is 0 Å². The lowest BCUT2D eigenvalue weighted by atomic mass is 10.0. The van der Waals surface area contributed by atoms with E-state index in [0.29, 0.717) is 65.0 Å². The second-order valence-corrected chi connectivity index (χ2v) is 10.2. The summed E-state index contributed by atoms with van der Waals surface area (Å²) in [6.45, 7) is 8.00. The van der Waals surface area contributed by atoms with Crippen LogP contribution in [0.2, 0.25) is 0 Å². The lowest BCUT2D eigenvalue weighted by Crippen LogP contribution is -2.15. The van der Waals surface area contributed by atoms with Gasteiger partial charge in [0.25, 0.3) is 0 Å². The molecule has 40 heavy (non-hydrogen) atoms. The Morgan fingerprint density at radius 2 is 0.800 bits per heavy atom. The highest BCUT2D eigenvalue weighted by Gasteiger charge is 2.05. The summed E-state index contributed by atoms with van der Waals surface area (Å²) in [6, 6.07) is 8.92. The third-order valence-electron chi connectivity index (χ3n) is 6.60. The van der Waals surface area contributed by atoms with Crippen molar-refractivity contribution in [2.45, 2.75) is 96.8 Å². The van der Waals surface area contributed by atoms with Crippen LogP contribution < -0.4 is 0 Å². The first-order valence-corrected chi connectivity index (χ1v) is 16.0. The number of carbonyl (C=O) groups is 1. The first-order valence-electron chi connectivity index (χ1n) is 16.0. The Labute approximate surface area is 244 Å². The van der Waals surface area contributed by atoms with Gasteiger partial charge in [0.1, 0.15) is 6.61 Å². The standard InChI is InChI=1S/C33H58O7/c1-2-3-4-5-6-7-8-9-10-11-12-13-14-18-21-35-22-23-36-24-25-37-26-27-38-28-29-39-30-31-40-33(34)32-19-16-15-17-20-32/h15-17,19-20H,2-14,18,21-31H2,1H3. The molecule has 232 valence electrons. The van der Waals surface area contributed by atoms with Gasteiger partial charge in [-0.05, 0) is 18.6 Å². The number of rotatable bonds is 31. The Morgan fingerprint density at radius 1 is 0.450 bits per heavy atom. The smallest absolute Gasteiger partial charge is 0.338 e. The van der Waals surface area contributed by atoms with Crippen LogP contribution in [-0.2, 0) is 28.4 Å². The van der Waals surface area contributed by atoms with Gasteiger partial charge in [0.15, 0.2) is 0 Å². The van der Waals surface area contributed by atoms with Gasteiger partial charge in [-0.3, -0.25) is 0 Å². The molecule has 0 saturated heterocycles. The molecule has 1 aromatic carbocycles. The van der Waals surface area contributed by atoms with E-state index >= 15 is 0 Å². The van der Waals surface area contributed by atoms with Crippen LogP contribution in [0.3, 0.4) is 0 Å². The summed E-state index contributed by atoms with van der Waals surface area (Å²) in [5.74, 6) is -0.339. The number of unbranched alkanes of at least 4 members (excludes halogenated alkanes) is 13. The highest BCUT2D eigenvalue weighted by atomic mass is 16.6. The van der Waals surface area contributed by atoms with Gasteiger partial charge >= 0.3 is 5.97 Å². The lowest BCUT2D eigenvalue weighted by molar-refractivity contribution is -0.0153. The van der Waals surface area contributed by atoms with Gasteiger partial charge in [0.2, 0.25) is 0 Å². The van der Waals surface area contributed by atoms with E-state index in [0.717, 1.165) is 13.0 Å². The molecule has 0 atom stereocenters. The minimum Gasteiger partial charge on any atom is -0.460 e. The molecule has 0 saturated carbocycles. The summed E-state index contributed by atoms with van der Waals surface area (Å²) in [4.78, 5) is 11.8. The average molecular weight is 567 g/mol. The Hall–Kier alpha value is -1.51. The highest BCUT2D eigenvalue weighted by molar-refractivity contribution is 5.89. The van der Waals surface area contributed by atoms with Crippen molar-refractivity contribution in [3.05, 3.63) is 35.9 Å². The summed E-state index contributed by atoms with van der Waals surface area (Å²) < 4.78 is 32.7. The fraction of sp³-hybridized carbons (Fsp3) is 0.788. The molecule has 0 N–H and O–H groups in total. The Bertz CT molecular complexity index is 641. The quantitative estimate of drug-likeness (QED) is 0.0684. The Kier molecular flexibility index (Phi) is 27.8. The zero-order valence-electron chi connectivity index (χ0n) is 25.4. The average Bonchev–Trinajstić information content (AvgIpc) is 2.98. The normalized spacial score (nSPS) is 11.2. The van der Waals surface area contributed by atoms with Crippen molar-refractivity contribution < 1.29 is 33.2 Å². The van der Waals surface area contributed by atoms with Crippen LogP contribution >= 0.6 is 0 Å². The van der Waals surface area contributed by atoms with Crippen molar-refractivity contribution in [3.63, 3.8) is 0 Å². The third kappa shape index (κ3) is 25.5. The number of hydrogen-bond donors (Lipinski definition) is 0. The van der Waals surface area contributed by atoms with Gasteiger partial charge in [-0.2, -0.15) is 0 Å². The molecule has 0 aromatic heterocycles. The number of benzene rings is 1. The van der Waals surface area contributed by atoms with E-state index in [1.54, 1.807) is 24.3 Å². The maximum atomic E-state index is 11.8. The van der Waals surface area contributed by atoms with Crippen LogP contribution in [0.4, 0.5) is 0 Å². The van der Waals surface area contributed by atoms with Crippen LogP contribution in [0.1, 0.15) is 107 Å². The van der Waals surface area contributed by atoms with Gasteiger partial charge in [-0.25, -0.2) is 4.79 Å². The van der Waals surface area contributed by atoms with Crippen molar-refractivity contribution in [1.82, 2.24) is 0 Å². The molecule has 0 heterocycles. The predicted octanol–water partition coefficient (Wildman–Crippen LogP) is 7.41. The fourth-order valence-electron chi connectivity index (χ4n) is 4.23. The summed E-state index contributed by atoms with van der Waals surface area (Å²) in [5.41, 5.74) is 0.542. The van der Waals surface area contributed by atoms with Crippen molar-refractivity contribution in [2.75, 3.05) is 72.7 Å². The predicted molar refractivity (Wildman–Crippen MR) is 161 cm³/mol. The van der Waals surface area contributed by atoms with E-state index in [2.05, 4.69) is 6.92 Å². The molecule has 0 spiro atoms. The molecule has 0 bridgehead atoms. The largest absolute Gasteiger partial charge is 0.460 e. The molecule has 0 radical (unpaired) electrons. The number of esters is 1. The minimum absolute atomic E-state index is 0.224. The SMILES string of the molecule is CCCCCCCCCCCCCCCCOCCOCCOCCOCCOCCOC(=O)c1ccccc1. The molecular formula is C33H58O7. The van der Waals surface area contributed by atoms with Gasteiger partial charge in [0.05, 0.1) is 65.0 Å². The first-order chi connectivity index (χ1) is 19.8. The summed E-state index contributed by atoms with van der Waals surface area (Å²) in [5, 5.41) is 0. The molecule has 0 aliphatic carbocycles. The topological polar surface area (TPSA) is 72.5 Å². The van der Waals surface area contributed by atoms with E-state index in [9.17, 15) is 4.79 Å². The zero-order valence-corrected chi connectivity index (χ0v) is 25.4. The second kappa shape index (κ2) is 30.4. The molecule has 7 nitrogen and oxygen atoms in total. The monoisotopic (exact) mass is 566 g/mol. The van der Waals surface area contributed by atoms with Crippen LogP contribution in [0, 0.1) is 0 Å². The van der Waals surface area contributed by atoms with Crippen molar-refractivity contribution in [2.24, 2.45) is 0 Å². The van der Waals surface area contributed by atoms with Crippen LogP contribution in [0.25, 0.3) is 0 Å². The Morgan fingerprint density at radius 3 is 1.23 bits per heavy atom. The van der Waals surface area contributed by atoms with Crippen LogP contribution in [-0.4, -0.2) is 78.6 Å². The van der Waals surface area contributed by atoms with E-state index in [1.807, 2.05) is 6.07 Å². The zero-order chi connectivity index (χ0) is 28.6. The molecular weight excluding hydrogens is 508 g/mol. The van der Waals surface area contributed by atoms with Crippen LogP contribution in [0.15, 0.2) is 30.3 Å². The summed E-state index contributed by atoms with van der Waals surface area (Å²) >= 11 is 0. The van der Waals surface area contributed by atoms with Gasteiger partial charge < -0.3 is 28.4 Å². The molecule has 0 fully saturated rings. The van der Waals surface area contributed by atoms with Gasteiger partial charge in [-0.15, -0.1) is 0 Å². The molecule has 7 heteroatoms. The second-order valence-electron chi connectivity index (χ2n) is 10.2. The van der Waals surface area contributed by atoms with E-state index in [1.165, 1.54) is 83.5 Å². The van der Waals surface area contributed by atoms with Crippen molar-refractivity contribution >= 4 is 5.97 Å². The third-order valence-corrected chi connectivity index (χ3v) is 6.60. The minimum atomic E-state index is -0.339. The number of ether oxygens (including phenoxy) is 6.